The summed E-state index contributed by atoms with van der Waals surface area (Å²) < 4.78 is 1.29. The maximum absolute atomic E-state index is 2.68. The highest BCUT2D eigenvalue weighted by Crippen LogP contribution is 2.28. The molecule has 1 heterocycles. The van der Waals surface area contributed by atoms with Gasteiger partial charge in [0.1, 0.15) is 12.7 Å². The molecule has 0 N–H and O–H groups in total. The van der Waals surface area contributed by atoms with E-state index in [9.17, 15) is 0 Å². The summed E-state index contributed by atoms with van der Waals surface area (Å²) >= 11 is 0. The van der Waals surface area contributed by atoms with Crippen molar-refractivity contribution in [2.24, 2.45) is 5.92 Å². The number of hydrogen-bond acceptors (Lipinski definition) is 1. The summed E-state index contributed by atoms with van der Waals surface area (Å²) in [6.07, 6.45) is 0. The van der Waals surface area contributed by atoms with Gasteiger partial charge < -0.3 is 4.48 Å². The van der Waals surface area contributed by atoms with E-state index >= 15 is 0 Å². The van der Waals surface area contributed by atoms with Gasteiger partial charge in [0.25, 0.3) is 0 Å². The molecule has 1 fully saturated rings. The van der Waals surface area contributed by atoms with E-state index in [-0.39, 0.29) is 0 Å². The monoisotopic (exact) mass is 213 g/mol. The van der Waals surface area contributed by atoms with Crippen molar-refractivity contribution in [1.29, 1.82) is 0 Å². The smallest absolute Gasteiger partial charge is 0.135 e. The van der Waals surface area contributed by atoms with Gasteiger partial charge in [-0.25, -0.2) is 4.90 Å². The van der Waals surface area contributed by atoms with Gasteiger partial charge in [-0.05, 0) is 33.6 Å². The minimum Gasteiger partial charge on any atom is -0.308 e. The molecule has 90 valence electrons. The third-order valence-corrected chi connectivity index (χ3v) is 4.46. The molecule has 1 saturated heterocycles. The van der Waals surface area contributed by atoms with E-state index in [2.05, 4.69) is 46.4 Å². The highest BCUT2D eigenvalue weighted by Gasteiger charge is 2.45. The van der Waals surface area contributed by atoms with Gasteiger partial charge in [0, 0.05) is 6.54 Å². The van der Waals surface area contributed by atoms with Gasteiger partial charge in [-0.2, -0.15) is 0 Å². The second kappa shape index (κ2) is 4.84. The number of likely N-dealkylation sites (N-methyl/N-ethyl adjacent to an activating group) is 1. The highest BCUT2D eigenvalue weighted by molar-refractivity contribution is 4.79. The predicted octanol–water partition coefficient (Wildman–Crippen LogP) is 2.55. The van der Waals surface area contributed by atoms with E-state index in [1.54, 1.807) is 0 Å². The van der Waals surface area contributed by atoms with Gasteiger partial charge in [0.15, 0.2) is 0 Å². The van der Waals surface area contributed by atoms with Crippen LogP contribution in [0.4, 0.5) is 0 Å². The standard InChI is InChI=1S/C13H29N2/c1-7-15(8-2)10-14(9-11(3)4)12(5)13(15)6/h11-13H,7-10H2,1-6H3/q+1. The maximum atomic E-state index is 2.68. The van der Waals surface area contributed by atoms with E-state index in [4.69, 9.17) is 0 Å². The second-order valence-electron chi connectivity index (χ2n) is 5.64. The summed E-state index contributed by atoms with van der Waals surface area (Å²) in [4.78, 5) is 2.68. The van der Waals surface area contributed by atoms with Crippen molar-refractivity contribution < 1.29 is 4.48 Å². The number of hydrogen-bond donors (Lipinski definition) is 0. The van der Waals surface area contributed by atoms with E-state index in [0.717, 1.165) is 18.0 Å². The lowest BCUT2D eigenvalue weighted by molar-refractivity contribution is -0.938. The Bertz CT molecular complexity index is 197. The summed E-state index contributed by atoms with van der Waals surface area (Å²) in [5, 5.41) is 0. The molecule has 1 rings (SSSR count). The molecule has 0 spiro atoms. The van der Waals surface area contributed by atoms with Crippen molar-refractivity contribution in [3.05, 3.63) is 0 Å². The Hall–Kier alpha value is -0.0800. The third-order valence-electron chi connectivity index (χ3n) is 4.46. The lowest BCUT2D eigenvalue weighted by Crippen LogP contribution is -2.52. The van der Waals surface area contributed by atoms with Gasteiger partial charge in [0.05, 0.1) is 19.1 Å². The summed E-state index contributed by atoms with van der Waals surface area (Å²) in [6, 6.07) is 1.53. The molecule has 2 nitrogen and oxygen atoms in total. The molecule has 0 saturated carbocycles. The van der Waals surface area contributed by atoms with Crippen molar-refractivity contribution >= 4 is 0 Å². The van der Waals surface area contributed by atoms with Crippen LogP contribution in [0.25, 0.3) is 0 Å². The summed E-state index contributed by atoms with van der Waals surface area (Å²) in [5.74, 6) is 0.786. The first-order valence-corrected chi connectivity index (χ1v) is 6.56. The molecule has 2 heteroatoms. The molecule has 15 heavy (non-hydrogen) atoms. The van der Waals surface area contributed by atoms with E-state index in [0.29, 0.717) is 0 Å². The lowest BCUT2D eigenvalue weighted by atomic mass is 10.1. The Balaban J connectivity index is 2.74. The molecular formula is C13H29N2+. The highest BCUT2D eigenvalue weighted by atomic mass is 15.5. The summed E-state index contributed by atoms with van der Waals surface area (Å²) in [6.45, 7) is 19.2. The number of quaternary nitrogens is 1. The van der Waals surface area contributed by atoms with Gasteiger partial charge >= 0.3 is 0 Å². The van der Waals surface area contributed by atoms with Crippen LogP contribution in [0.3, 0.4) is 0 Å². The van der Waals surface area contributed by atoms with Crippen LogP contribution in [-0.2, 0) is 0 Å². The molecule has 0 radical (unpaired) electrons. The van der Waals surface area contributed by atoms with Crippen molar-refractivity contribution in [1.82, 2.24) is 4.90 Å². The van der Waals surface area contributed by atoms with Crippen LogP contribution in [-0.4, -0.2) is 47.8 Å². The Morgan fingerprint density at radius 3 is 2.07 bits per heavy atom. The number of rotatable bonds is 4. The minimum atomic E-state index is 0.743. The topological polar surface area (TPSA) is 3.24 Å². The van der Waals surface area contributed by atoms with Crippen molar-refractivity contribution in [3.63, 3.8) is 0 Å². The van der Waals surface area contributed by atoms with E-state index < -0.39 is 0 Å². The molecular weight excluding hydrogens is 184 g/mol. The molecule has 0 aliphatic carbocycles. The quantitative estimate of drug-likeness (QED) is 0.649. The Morgan fingerprint density at radius 2 is 1.73 bits per heavy atom. The fourth-order valence-corrected chi connectivity index (χ4v) is 3.07. The molecule has 2 atom stereocenters. The first kappa shape index (κ1) is 13.0. The van der Waals surface area contributed by atoms with Gasteiger partial charge in [-0.3, -0.25) is 0 Å². The summed E-state index contributed by atoms with van der Waals surface area (Å²) in [5.41, 5.74) is 0. The summed E-state index contributed by atoms with van der Waals surface area (Å²) in [7, 11) is 0. The second-order valence-corrected chi connectivity index (χ2v) is 5.64. The zero-order valence-electron chi connectivity index (χ0n) is 11.5. The Labute approximate surface area is 95.8 Å². The molecule has 0 aromatic carbocycles. The SMILES string of the molecule is CC[N+]1(CC)CN(CC(C)C)C(C)C1C. The maximum Gasteiger partial charge on any atom is 0.135 e. The first-order valence-electron chi connectivity index (χ1n) is 6.56. The predicted molar refractivity (Wildman–Crippen MR) is 66.7 cm³/mol. The zero-order valence-corrected chi connectivity index (χ0v) is 11.5. The Kier molecular flexibility index (Phi) is 4.19. The van der Waals surface area contributed by atoms with Crippen LogP contribution < -0.4 is 0 Å². The molecule has 0 amide bonds. The Morgan fingerprint density at radius 1 is 1.20 bits per heavy atom. The molecule has 1 aliphatic heterocycles. The average molecular weight is 213 g/mol. The first-order chi connectivity index (χ1) is 6.96. The van der Waals surface area contributed by atoms with E-state index in [1.165, 1.54) is 30.8 Å². The molecule has 1 aliphatic rings. The fourth-order valence-electron chi connectivity index (χ4n) is 3.07. The van der Waals surface area contributed by atoms with Gasteiger partial charge in [-0.15, -0.1) is 0 Å². The zero-order chi connectivity index (χ0) is 11.6. The van der Waals surface area contributed by atoms with Crippen molar-refractivity contribution in [2.75, 3.05) is 26.3 Å². The fraction of sp³-hybridized carbons (Fsp3) is 1.00. The molecule has 0 aromatic heterocycles. The third kappa shape index (κ3) is 2.36. The number of nitrogens with zero attached hydrogens (tertiary/aromatic N) is 2. The largest absolute Gasteiger partial charge is 0.308 e. The van der Waals surface area contributed by atoms with Crippen LogP contribution in [0, 0.1) is 5.92 Å². The van der Waals surface area contributed by atoms with Crippen LogP contribution >= 0.6 is 0 Å². The normalized spacial score (nSPS) is 31.4. The lowest BCUT2D eigenvalue weighted by Gasteiger charge is -2.36. The molecule has 2 unspecified atom stereocenters. The van der Waals surface area contributed by atoms with E-state index in [1.807, 2.05) is 0 Å². The van der Waals surface area contributed by atoms with Crippen LogP contribution in [0.2, 0.25) is 0 Å². The van der Waals surface area contributed by atoms with Gasteiger partial charge in [-0.1, -0.05) is 13.8 Å². The van der Waals surface area contributed by atoms with Crippen LogP contribution in [0.15, 0.2) is 0 Å². The molecule has 0 bridgehead atoms. The molecule has 0 aromatic rings. The van der Waals surface area contributed by atoms with Crippen LogP contribution in [0.1, 0.15) is 41.5 Å². The van der Waals surface area contributed by atoms with Gasteiger partial charge in [0.2, 0.25) is 0 Å². The average Bonchev–Trinajstić information content (AvgIpc) is 2.43. The van der Waals surface area contributed by atoms with Crippen LogP contribution in [0.5, 0.6) is 0 Å². The van der Waals surface area contributed by atoms with Crippen molar-refractivity contribution in [3.8, 4) is 0 Å². The minimum absolute atomic E-state index is 0.743. The van der Waals surface area contributed by atoms with Crippen molar-refractivity contribution in [2.45, 2.75) is 53.6 Å².